The third kappa shape index (κ3) is 5.26. The second-order valence-corrected chi connectivity index (χ2v) is 8.43. The highest BCUT2D eigenvalue weighted by Gasteiger charge is 2.41. The number of alkyl halides is 2. The molecule has 0 aromatic carbocycles. The van der Waals surface area contributed by atoms with E-state index in [1.807, 2.05) is 0 Å². The summed E-state index contributed by atoms with van der Waals surface area (Å²) in [5.74, 6) is -3.15. The molecule has 2 rings (SSSR count). The number of ether oxygens (including phenoxy) is 2. The molecule has 1 aliphatic carbocycles. The van der Waals surface area contributed by atoms with Crippen LogP contribution in [0.3, 0.4) is 0 Å². The summed E-state index contributed by atoms with van der Waals surface area (Å²) in [5.41, 5.74) is -0.601. The molecule has 27 heavy (non-hydrogen) atoms. The van der Waals surface area contributed by atoms with Crippen molar-refractivity contribution in [1.29, 1.82) is 0 Å². The summed E-state index contributed by atoms with van der Waals surface area (Å²) in [4.78, 5) is 24.4. The second-order valence-electron chi connectivity index (χ2n) is 7.35. The fourth-order valence-electron chi connectivity index (χ4n) is 2.74. The fourth-order valence-corrected chi connectivity index (χ4v) is 2.96. The van der Waals surface area contributed by atoms with Gasteiger partial charge in [-0.2, -0.15) is 5.10 Å². The Morgan fingerprint density at radius 1 is 1.44 bits per heavy atom. The molecule has 2 amide bonds. The molecule has 0 bridgehead atoms. The summed E-state index contributed by atoms with van der Waals surface area (Å²) >= 11 is 2.07. The fraction of sp³-hybridized carbons (Fsp3) is 0.611. The molecule has 0 spiro atoms. The van der Waals surface area contributed by atoms with Crippen LogP contribution in [-0.2, 0) is 14.3 Å². The molecule has 3 unspecified atom stereocenters. The predicted molar refractivity (Wildman–Crippen MR) is 105 cm³/mol. The molecule has 3 atom stereocenters. The summed E-state index contributed by atoms with van der Waals surface area (Å²) in [7, 11) is 0. The zero-order valence-electron chi connectivity index (χ0n) is 15.7. The van der Waals surface area contributed by atoms with E-state index in [9.17, 15) is 18.4 Å². The summed E-state index contributed by atoms with van der Waals surface area (Å²) in [5, 5.41) is 4.63. The average molecular weight is 496 g/mol. The van der Waals surface area contributed by atoms with Gasteiger partial charge in [0.1, 0.15) is 5.60 Å². The number of imide groups is 1. The van der Waals surface area contributed by atoms with Crippen LogP contribution in [-0.4, -0.2) is 45.5 Å². The van der Waals surface area contributed by atoms with Crippen LogP contribution in [0.15, 0.2) is 28.8 Å². The lowest BCUT2D eigenvalue weighted by molar-refractivity contribution is -0.131. The van der Waals surface area contributed by atoms with E-state index in [1.54, 1.807) is 27.7 Å². The summed E-state index contributed by atoms with van der Waals surface area (Å²) < 4.78 is 40.1. The number of hydrogen-bond acceptors (Lipinski definition) is 5. The van der Waals surface area contributed by atoms with Crippen molar-refractivity contribution in [3.63, 3.8) is 0 Å². The molecule has 2 aliphatic rings. The molecular formula is C18H23F2IN2O4. The van der Waals surface area contributed by atoms with Crippen molar-refractivity contribution in [1.82, 2.24) is 5.01 Å². The van der Waals surface area contributed by atoms with Crippen LogP contribution < -0.4 is 0 Å². The molecule has 0 N–H and O–H groups in total. The SMILES string of the molecule is CC1CC(=O)N(C(=O)OC(C)(C)C)N=C1C1C=CC(OCCI)=C(F)C1F. The highest BCUT2D eigenvalue weighted by molar-refractivity contribution is 14.1. The highest BCUT2D eigenvalue weighted by Crippen LogP contribution is 2.34. The Hall–Kier alpha value is -1.52. The van der Waals surface area contributed by atoms with Crippen molar-refractivity contribution in [2.45, 2.75) is 45.9 Å². The lowest BCUT2D eigenvalue weighted by atomic mass is 9.84. The first-order chi connectivity index (χ1) is 12.5. The van der Waals surface area contributed by atoms with Gasteiger partial charge in [-0.3, -0.25) is 4.79 Å². The Bertz CT molecular complexity index is 700. The molecule has 0 saturated carbocycles. The van der Waals surface area contributed by atoms with Gasteiger partial charge >= 0.3 is 6.09 Å². The first-order valence-corrected chi connectivity index (χ1v) is 10.1. The first kappa shape index (κ1) is 21.8. The van der Waals surface area contributed by atoms with Gasteiger partial charge < -0.3 is 9.47 Å². The third-order valence-corrected chi connectivity index (χ3v) is 4.37. The van der Waals surface area contributed by atoms with Crippen LogP contribution >= 0.6 is 22.6 Å². The van der Waals surface area contributed by atoms with E-state index < -0.39 is 41.4 Å². The zero-order valence-corrected chi connectivity index (χ0v) is 17.8. The van der Waals surface area contributed by atoms with Gasteiger partial charge in [0.2, 0.25) is 0 Å². The average Bonchev–Trinajstić information content (AvgIpc) is 2.55. The summed E-state index contributed by atoms with van der Waals surface area (Å²) in [6.07, 6.45) is -0.151. The maximum absolute atomic E-state index is 14.7. The van der Waals surface area contributed by atoms with Gasteiger partial charge in [0.15, 0.2) is 17.8 Å². The van der Waals surface area contributed by atoms with Crippen LogP contribution in [0.2, 0.25) is 0 Å². The van der Waals surface area contributed by atoms with Crippen LogP contribution in [0.4, 0.5) is 13.6 Å². The molecule has 1 aliphatic heterocycles. The second kappa shape index (κ2) is 8.66. The van der Waals surface area contributed by atoms with E-state index in [2.05, 4.69) is 27.7 Å². The van der Waals surface area contributed by atoms with Gasteiger partial charge in [0.25, 0.3) is 5.91 Å². The molecule has 9 heteroatoms. The topological polar surface area (TPSA) is 68.2 Å². The minimum absolute atomic E-state index is 0.0430. The van der Waals surface area contributed by atoms with Gasteiger partial charge in [-0.15, -0.1) is 5.01 Å². The lowest BCUT2D eigenvalue weighted by Gasteiger charge is -2.32. The molecule has 0 fully saturated rings. The standard InChI is InChI=1S/C18H23F2IN2O4/c1-10-9-13(24)23(17(25)27-18(2,3)4)22-16(10)11-5-6-12(26-8-7-21)15(20)14(11)19/h5-6,10-11,14H,7-9H2,1-4H3. The highest BCUT2D eigenvalue weighted by atomic mass is 127. The molecule has 0 radical (unpaired) electrons. The molecular weight excluding hydrogens is 473 g/mol. The Labute approximate surface area is 170 Å². The van der Waals surface area contributed by atoms with E-state index in [4.69, 9.17) is 9.47 Å². The van der Waals surface area contributed by atoms with Crippen LogP contribution in [0.25, 0.3) is 0 Å². The van der Waals surface area contributed by atoms with Crippen molar-refractivity contribution in [2.75, 3.05) is 11.0 Å². The van der Waals surface area contributed by atoms with Gasteiger partial charge in [0.05, 0.1) is 18.2 Å². The molecule has 0 aromatic heterocycles. The van der Waals surface area contributed by atoms with Crippen LogP contribution in [0, 0.1) is 11.8 Å². The number of rotatable bonds is 4. The minimum atomic E-state index is -1.99. The number of nitrogens with zero attached hydrogens (tertiary/aromatic N) is 2. The normalized spacial score (nSPS) is 26.2. The largest absolute Gasteiger partial charge is 0.490 e. The molecule has 1 heterocycles. The van der Waals surface area contributed by atoms with Crippen molar-refractivity contribution >= 4 is 40.3 Å². The van der Waals surface area contributed by atoms with Crippen molar-refractivity contribution in [3.05, 3.63) is 23.7 Å². The maximum Gasteiger partial charge on any atom is 0.438 e. The number of carbonyl (C=O) groups is 2. The minimum Gasteiger partial charge on any atom is -0.490 e. The number of hydrazone groups is 1. The van der Waals surface area contributed by atoms with E-state index in [1.165, 1.54) is 12.2 Å². The van der Waals surface area contributed by atoms with Crippen LogP contribution in [0.1, 0.15) is 34.1 Å². The number of halogens is 3. The number of carbonyl (C=O) groups excluding carboxylic acids is 2. The molecule has 0 saturated heterocycles. The lowest BCUT2D eigenvalue weighted by Crippen LogP contribution is -2.45. The predicted octanol–water partition coefficient (Wildman–Crippen LogP) is 4.30. The van der Waals surface area contributed by atoms with Crippen molar-refractivity contribution < 1.29 is 27.8 Å². The Morgan fingerprint density at radius 2 is 2.11 bits per heavy atom. The Morgan fingerprint density at radius 3 is 2.70 bits per heavy atom. The molecule has 0 aromatic rings. The first-order valence-electron chi connectivity index (χ1n) is 8.60. The number of hydrogen-bond donors (Lipinski definition) is 0. The summed E-state index contributed by atoms with van der Waals surface area (Å²) in [6.45, 7) is 6.93. The number of amides is 2. The van der Waals surface area contributed by atoms with E-state index in [0.29, 0.717) is 9.44 Å². The third-order valence-electron chi connectivity index (χ3n) is 3.93. The van der Waals surface area contributed by atoms with Gasteiger partial charge in [-0.25, -0.2) is 13.6 Å². The van der Waals surface area contributed by atoms with Crippen molar-refractivity contribution in [2.24, 2.45) is 16.9 Å². The molecule has 150 valence electrons. The van der Waals surface area contributed by atoms with E-state index in [-0.39, 0.29) is 24.5 Å². The van der Waals surface area contributed by atoms with Gasteiger partial charge in [-0.1, -0.05) is 35.6 Å². The number of allylic oxidation sites excluding steroid dienone is 3. The quantitative estimate of drug-likeness (QED) is 0.430. The van der Waals surface area contributed by atoms with Gasteiger partial charge in [-0.05, 0) is 26.8 Å². The van der Waals surface area contributed by atoms with Crippen LogP contribution in [0.5, 0.6) is 0 Å². The monoisotopic (exact) mass is 496 g/mol. The van der Waals surface area contributed by atoms with Gasteiger partial charge in [0, 0.05) is 16.8 Å². The Kier molecular flexibility index (Phi) is 6.98. The van der Waals surface area contributed by atoms with E-state index >= 15 is 0 Å². The maximum atomic E-state index is 14.7. The van der Waals surface area contributed by atoms with E-state index in [0.717, 1.165) is 0 Å². The Balaban J connectivity index is 2.27. The summed E-state index contributed by atoms with van der Waals surface area (Å²) in [6, 6.07) is 0. The zero-order chi connectivity index (χ0) is 20.4. The smallest absolute Gasteiger partial charge is 0.438 e. The molecule has 6 nitrogen and oxygen atoms in total. The van der Waals surface area contributed by atoms with Crippen molar-refractivity contribution in [3.8, 4) is 0 Å².